The lowest BCUT2D eigenvalue weighted by Gasteiger charge is -2.35. The second kappa shape index (κ2) is 7.48. The Morgan fingerprint density at radius 2 is 1.76 bits per heavy atom. The first-order valence-electron chi connectivity index (χ1n) is 8.72. The Hall–Kier alpha value is -0.770. The molecular weight excluding hydrogens is 264 g/mol. The largest absolute Gasteiger partial charge is 0.393 e. The molecule has 0 aromatic carbocycles. The van der Waals surface area contributed by atoms with Gasteiger partial charge in [-0.25, -0.2) is 4.79 Å². The van der Waals surface area contributed by atoms with Crippen molar-refractivity contribution in [3.05, 3.63) is 0 Å². The minimum absolute atomic E-state index is 0.115. The lowest BCUT2D eigenvalue weighted by molar-refractivity contribution is 0.111. The number of carbonyl (C=O) groups is 1. The lowest BCUT2D eigenvalue weighted by Crippen LogP contribution is -2.51. The van der Waals surface area contributed by atoms with Gasteiger partial charge >= 0.3 is 6.03 Å². The molecule has 122 valence electrons. The molecule has 0 aromatic rings. The van der Waals surface area contributed by atoms with E-state index in [1.165, 1.54) is 6.42 Å². The predicted molar refractivity (Wildman–Crippen MR) is 85.1 cm³/mol. The summed E-state index contributed by atoms with van der Waals surface area (Å²) in [7, 11) is 0. The summed E-state index contributed by atoms with van der Waals surface area (Å²) in [6, 6.07) is 0.725. The summed E-state index contributed by atoms with van der Waals surface area (Å²) in [5, 5.41) is 12.8. The molecule has 1 saturated heterocycles. The zero-order valence-corrected chi connectivity index (χ0v) is 13.8. The van der Waals surface area contributed by atoms with Crippen molar-refractivity contribution >= 4 is 6.03 Å². The van der Waals surface area contributed by atoms with Crippen LogP contribution >= 0.6 is 0 Å². The average Bonchev–Trinajstić information content (AvgIpc) is 2.63. The van der Waals surface area contributed by atoms with E-state index in [1.54, 1.807) is 0 Å². The van der Waals surface area contributed by atoms with Crippen molar-refractivity contribution in [1.82, 2.24) is 10.2 Å². The number of nitrogens with one attached hydrogen (secondary N) is 1. The minimum atomic E-state index is -0.166. The third-order valence-corrected chi connectivity index (χ3v) is 5.27. The zero-order chi connectivity index (χ0) is 15.4. The Morgan fingerprint density at radius 3 is 2.38 bits per heavy atom. The number of nitrogens with zero attached hydrogens (tertiary/aromatic N) is 1. The molecule has 1 aliphatic carbocycles. The maximum atomic E-state index is 12.7. The molecule has 1 saturated carbocycles. The predicted octanol–water partition coefficient (Wildman–Crippen LogP) is 3.15. The zero-order valence-electron chi connectivity index (χ0n) is 13.8. The molecule has 1 aliphatic heterocycles. The molecule has 2 aliphatic rings. The summed E-state index contributed by atoms with van der Waals surface area (Å²) in [4.78, 5) is 14.8. The van der Waals surface area contributed by atoms with E-state index in [9.17, 15) is 9.90 Å². The second-order valence-electron chi connectivity index (χ2n) is 7.43. The molecule has 21 heavy (non-hydrogen) atoms. The molecule has 2 atom stereocenters. The van der Waals surface area contributed by atoms with Crippen molar-refractivity contribution in [2.24, 2.45) is 11.8 Å². The number of carbonyl (C=O) groups excluding carboxylic acids is 1. The SMILES string of the molecule is CC1CCC(C(C)C)N(C(=O)NC2CCC(O)CC2)CC1. The Kier molecular flexibility index (Phi) is 5.91. The van der Waals surface area contributed by atoms with E-state index in [-0.39, 0.29) is 18.2 Å². The summed E-state index contributed by atoms with van der Waals surface area (Å²) >= 11 is 0. The van der Waals surface area contributed by atoms with Crippen molar-refractivity contribution in [1.29, 1.82) is 0 Å². The van der Waals surface area contributed by atoms with Crippen LogP contribution in [0.15, 0.2) is 0 Å². The van der Waals surface area contributed by atoms with Gasteiger partial charge in [0, 0.05) is 18.6 Å². The van der Waals surface area contributed by atoms with E-state index in [0.717, 1.165) is 45.1 Å². The summed E-state index contributed by atoms with van der Waals surface area (Å²) in [6.07, 6.45) is 6.73. The van der Waals surface area contributed by atoms with Crippen LogP contribution in [-0.4, -0.2) is 40.8 Å². The van der Waals surface area contributed by atoms with Gasteiger partial charge in [-0.2, -0.15) is 0 Å². The number of likely N-dealkylation sites (tertiary alicyclic amines) is 1. The Bertz CT molecular complexity index is 338. The van der Waals surface area contributed by atoms with Gasteiger partial charge < -0.3 is 15.3 Å². The Labute approximate surface area is 129 Å². The third-order valence-electron chi connectivity index (χ3n) is 5.27. The van der Waals surface area contributed by atoms with Gasteiger partial charge in [0.25, 0.3) is 0 Å². The maximum Gasteiger partial charge on any atom is 0.317 e. The molecule has 4 heteroatoms. The normalized spacial score (nSPS) is 34.6. The second-order valence-corrected chi connectivity index (χ2v) is 7.43. The standard InChI is InChI=1S/C17H32N2O2/c1-12(2)16-9-4-13(3)10-11-19(16)17(21)18-14-5-7-15(20)8-6-14/h12-16,20H,4-11H2,1-3H3,(H,18,21). The van der Waals surface area contributed by atoms with Gasteiger partial charge in [-0.1, -0.05) is 20.8 Å². The van der Waals surface area contributed by atoms with Gasteiger partial charge in [0.1, 0.15) is 0 Å². The number of hydrogen-bond donors (Lipinski definition) is 2. The van der Waals surface area contributed by atoms with Gasteiger partial charge in [0.15, 0.2) is 0 Å². The van der Waals surface area contributed by atoms with Crippen molar-refractivity contribution < 1.29 is 9.90 Å². The van der Waals surface area contributed by atoms with Gasteiger partial charge in [-0.15, -0.1) is 0 Å². The lowest BCUT2D eigenvalue weighted by atomic mass is 9.93. The van der Waals surface area contributed by atoms with E-state index >= 15 is 0 Å². The molecule has 2 fully saturated rings. The van der Waals surface area contributed by atoms with Crippen molar-refractivity contribution in [2.45, 2.75) is 83.9 Å². The van der Waals surface area contributed by atoms with E-state index in [1.807, 2.05) is 0 Å². The maximum absolute atomic E-state index is 12.7. The first kappa shape index (κ1) is 16.6. The summed E-state index contributed by atoms with van der Waals surface area (Å²) in [5.74, 6) is 1.23. The number of aliphatic hydroxyl groups is 1. The van der Waals surface area contributed by atoms with E-state index in [4.69, 9.17) is 0 Å². The smallest absolute Gasteiger partial charge is 0.317 e. The highest BCUT2D eigenvalue weighted by atomic mass is 16.3. The van der Waals surface area contributed by atoms with Crippen LogP contribution in [0, 0.1) is 11.8 Å². The molecule has 2 N–H and O–H groups in total. The topological polar surface area (TPSA) is 52.6 Å². The van der Waals surface area contributed by atoms with Crippen LogP contribution in [0.25, 0.3) is 0 Å². The molecule has 0 aromatic heterocycles. The summed E-state index contributed by atoms with van der Waals surface area (Å²) < 4.78 is 0. The fourth-order valence-electron chi connectivity index (χ4n) is 3.70. The van der Waals surface area contributed by atoms with E-state index in [2.05, 4.69) is 31.0 Å². The molecule has 0 spiro atoms. The van der Waals surface area contributed by atoms with Crippen LogP contribution in [-0.2, 0) is 0 Å². The van der Waals surface area contributed by atoms with Crippen molar-refractivity contribution in [3.63, 3.8) is 0 Å². The highest BCUT2D eigenvalue weighted by molar-refractivity contribution is 5.75. The van der Waals surface area contributed by atoms with Crippen molar-refractivity contribution in [3.8, 4) is 0 Å². The first-order valence-corrected chi connectivity index (χ1v) is 8.72. The number of hydrogen-bond acceptors (Lipinski definition) is 2. The van der Waals surface area contributed by atoms with Crippen LogP contribution in [0.3, 0.4) is 0 Å². The van der Waals surface area contributed by atoms with E-state index in [0.29, 0.717) is 17.9 Å². The van der Waals surface area contributed by atoms with Gasteiger partial charge in [0.05, 0.1) is 6.10 Å². The number of aliphatic hydroxyl groups excluding tert-OH is 1. The van der Waals surface area contributed by atoms with Gasteiger partial charge in [0.2, 0.25) is 0 Å². The van der Waals surface area contributed by atoms with Crippen LogP contribution in [0.1, 0.15) is 65.7 Å². The number of rotatable bonds is 2. The van der Waals surface area contributed by atoms with Crippen molar-refractivity contribution in [2.75, 3.05) is 6.54 Å². The number of urea groups is 1. The molecule has 0 bridgehead atoms. The molecular formula is C17H32N2O2. The van der Waals surface area contributed by atoms with Crippen LogP contribution in [0.4, 0.5) is 4.79 Å². The average molecular weight is 296 g/mol. The summed E-state index contributed by atoms with van der Waals surface area (Å²) in [6.45, 7) is 7.61. The first-order chi connectivity index (χ1) is 9.97. The van der Waals surface area contributed by atoms with E-state index < -0.39 is 0 Å². The fraction of sp³-hybridized carbons (Fsp3) is 0.941. The van der Waals surface area contributed by atoms with Crippen LogP contribution in [0.5, 0.6) is 0 Å². The Morgan fingerprint density at radius 1 is 1.10 bits per heavy atom. The molecule has 1 heterocycles. The molecule has 2 rings (SSSR count). The van der Waals surface area contributed by atoms with Gasteiger partial charge in [-0.05, 0) is 56.8 Å². The summed E-state index contributed by atoms with van der Waals surface area (Å²) in [5.41, 5.74) is 0. The molecule has 2 unspecified atom stereocenters. The van der Waals surface area contributed by atoms with Gasteiger partial charge in [-0.3, -0.25) is 0 Å². The molecule has 2 amide bonds. The highest BCUT2D eigenvalue weighted by Crippen LogP contribution is 2.26. The quantitative estimate of drug-likeness (QED) is 0.822. The fourth-order valence-corrected chi connectivity index (χ4v) is 3.70. The monoisotopic (exact) mass is 296 g/mol. The molecule has 0 radical (unpaired) electrons. The molecule has 4 nitrogen and oxygen atoms in total. The Balaban J connectivity index is 1.94. The van der Waals surface area contributed by atoms with Crippen LogP contribution in [0.2, 0.25) is 0 Å². The minimum Gasteiger partial charge on any atom is -0.393 e. The highest BCUT2D eigenvalue weighted by Gasteiger charge is 2.31. The number of amides is 2. The third kappa shape index (κ3) is 4.60. The van der Waals surface area contributed by atoms with Crippen LogP contribution < -0.4 is 5.32 Å².